The summed E-state index contributed by atoms with van der Waals surface area (Å²) in [5.74, 6) is 0. The van der Waals surface area contributed by atoms with Crippen molar-refractivity contribution in [2.75, 3.05) is 0 Å². The summed E-state index contributed by atoms with van der Waals surface area (Å²) in [7, 11) is 0. The lowest BCUT2D eigenvalue weighted by Crippen LogP contribution is -2.36. The molecule has 1 aliphatic carbocycles. The van der Waals surface area contributed by atoms with Crippen molar-refractivity contribution in [2.24, 2.45) is 5.73 Å². The van der Waals surface area contributed by atoms with E-state index in [4.69, 9.17) is 5.73 Å². The van der Waals surface area contributed by atoms with Gasteiger partial charge in [-0.15, -0.1) is 0 Å². The molecule has 0 aromatic heterocycles. The van der Waals surface area contributed by atoms with Crippen LogP contribution in [0.2, 0.25) is 0 Å². The zero-order valence-corrected chi connectivity index (χ0v) is 10.3. The van der Waals surface area contributed by atoms with Gasteiger partial charge in [-0.25, -0.2) is 0 Å². The Balaban J connectivity index is 2.31. The molecule has 1 heteroatoms. The van der Waals surface area contributed by atoms with E-state index < -0.39 is 0 Å². The minimum absolute atomic E-state index is 0.0525. The first kappa shape index (κ1) is 11.7. The number of nitrogens with two attached hydrogens (primary N) is 1. The van der Waals surface area contributed by atoms with Crippen molar-refractivity contribution in [3.63, 3.8) is 0 Å². The Morgan fingerprint density at radius 1 is 1.25 bits per heavy atom. The van der Waals surface area contributed by atoms with E-state index in [2.05, 4.69) is 31.2 Å². The van der Waals surface area contributed by atoms with Crippen molar-refractivity contribution in [1.29, 1.82) is 0 Å². The Morgan fingerprint density at radius 3 is 2.88 bits per heavy atom. The molecule has 0 aliphatic heterocycles. The largest absolute Gasteiger partial charge is 0.321 e. The van der Waals surface area contributed by atoms with Crippen molar-refractivity contribution in [3.8, 4) is 0 Å². The van der Waals surface area contributed by atoms with Gasteiger partial charge in [-0.3, -0.25) is 0 Å². The fourth-order valence-electron chi connectivity index (χ4n) is 2.87. The van der Waals surface area contributed by atoms with Crippen molar-refractivity contribution in [2.45, 2.75) is 57.4 Å². The molecule has 1 unspecified atom stereocenters. The molecule has 16 heavy (non-hydrogen) atoms. The van der Waals surface area contributed by atoms with Gasteiger partial charge in [-0.2, -0.15) is 0 Å². The summed E-state index contributed by atoms with van der Waals surface area (Å²) in [6.45, 7) is 2.24. The number of rotatable bonds is 3. The maximum absolute atomic E-state index is 6.66. The van der Waals surface area contributed by atoms with Crippen molar-refractivity contribution >= 4 is 0 Å². The summed E-state index contributed by atoms with van der Waals surface area (Å²) in [4.78, 5) is 0. The van der Waals surface area contributed by atoms with Gasteiger partial charge in [-0.05, 0) is 36.8 Å². The number of benzene rings is 1. The molecule has 1 nitrogen and oxygen atoms in total. The lowest BCUT2D eigenvalue weighted by atomic mass is 9.81. The maximum atomic E-state index is 6.66. The highest BCUT2D eigenvalue weighted by atomic mass is 14.7. The van der Waals surface area contributed by atoms with Gasteiger partial charge in [-0.1, -0.05) is 50.5 Å². The molecular weight excluding hydrogens is 194 g/mol. The molecule has 1 aromatic rings. The number of hydrogen-bond donors (Lipinski definition) is 1. The van der Waals surface area contributed by atoms with E-state index in [-0.39, 0.29) is 5.54 Å². The zero-order chi connectivity index (χ0) is 11.4. The average Bonchev–Trinajstić information content (AvgIpc) is 2.48. The SMILES string of the molecule is CCCCC1(N)CCCCc2ccccc21. The molecule has 0 spiro atoms. The van der Waals surface area contributed by atoms with Gasteiger partial charge in [0.1, 0.15) is 0 Å². The Labute approximate surface area is 99.0 Å². The molecule has 88 valence electrons. The average molecular weight is 217 g/mol. The van der Waals surface area contributed by atoms with Gasteiger partial charge in [0.25, 0.3) is 0 Å². The van der Waals surface area contributed by atoms with Crippen molar-refractivity contribution in [3.05, 3.63) is 35.4 Å². The summed E-state index contributed by atoms with van der Waals surface area (Å²) in [6, 6.07) is 8.78. The number of unbranched alkanes of at least 4 members (excludes halogenated alkanes) is 1. The predicted molar refractivity (Wildman–Crippen MR) is 69.4 cm³/mol. The van der Waals surface area contributed by atoms with Crippen LogP contribution in [0.4, 0.5) is 0 Å². The molecule has 0 amide bonds. The molecule has 1 atom stereocenters. The smallest absolute Gasteiger partial charge is 0.0412 e. The Morgan fingerprint density at radius 2 is 2.06 bits per heavy atom. The van der Waals surface area contributed by atoms with E-state index in [0.29, 0.717) is 0 Å². The highest BCUT2D eigenvalue weighted by Crippen LogP contribution is 2.35. The van der Waals surface area contributed by atoms with E-state index in [9.17, 15) is 0 Å². The van der Waals surface area contributed by atoms with Gasteiger partial charge in [0.15, 0.2) is 0 Å². The maximum Gasteiger partial charge on any atom is 0.0412 e. The second-order valence-corrected chi connectivity index (χ2v) is 5.12. The summed E-state index contributed by atoms with van der Waals surface area (Å²) in [6.07, 6.45) is 8.55. The molecular formula is C15H23N. The van der Waals surface area contributed by atoms with Crippen LogP contribution in [0, 0.1) is 0 Å². The van der Waals surface area contributed by atoms with E-state index in [1.165, 1.54) is 43.2 Å². The van der Waals surface area contributed by atoms with Gasteiger partial charge < -0.3 is 5.73 Å². The van der Waals surface area contributed by atoms with Crippen LogP contribution in [0.25, 0.3) is 0 Å². The topological polar surface area (TPSA) is 26.0 Å². The lowest BCUT2D eigenvalue weighted by molar-refractivity contribution is 0.360. The highest BCUT2D eigenvalue weighted by Gasteiger charge is 2.29. The Hall–Kier alpha value is -0.820. The molecule has 2 rings (SSSR count). The summed E-state index contributed by atoms with van der Waals surface area (Å²) >= 11 is 0. The normalized spacial score (nSPS) is 24.9. The van der Waals surface area contributed by atoms with Gasteiger partial charge >= 0.3 is 0 Å². The first-order chi connectivity index (χ1) is 7.76. The molecule has 0 bridgehead atoms. The van der Waals surface area contributed by atoms with Gasteiger partial charge in [0, 0.05) is 5.54 Å². The third-order valence-corrected chi connectivity index (χ3v) is 3.85. The summed E-state index contributed by atoms with van der Waals surface area (Å²) < 4.78 is 0. The van der Waals surface area contributed by atoms with Crippen LogP contribution in [0.3, 0.4) is 0 Å². The molecule has 0 radical (unpaired) electrons. The number of fused-ring (bicyclic) bond motifs is 1. The van der Waals surface area contributed by atoms with Crippen LogP contribution in [0.15, 0.2) is 24.3 Å². The van der Waals surface area contributed by atoms with Crippen LogP contribution in [0.5, 0.6) is 0 Å². The van der Waals surface area contributed by atoms with E-state index in [1.807, 2.05) is 0 Å². The third-order valence-electron chi connectivity index (χ3n) is 3.85. The Bertz CT molecular complexity index is 345. The highest BCUT2D eigenvalue weighted by molar-refractivity contribution is 5.34. The molecule has 0 saturated carbocycles. The van der Waals surface area contributed by atoms with Gasteiger partial charge in [0.05, 0.1) is 0 Å². The first-order valence-corrected chi connectivity index (χ1v) is 6.63. The third kappa shape index (κ3) is 2.30. The predicted octanol–water partition coefficient (Wildman–Crippen LogP) is 3.76. The van der Waals surface area contributed by atoms with Crippen molar-refractivity contribution in [1.82, 2.24) is 0 Å². The van der Waals surface area contributed by atoms with Crippen LogP contribution in [-0.4, -0.2) is 0 Å². The molecule has 2 N–H and O–H groups in total. The Kier molecular flexibility index (Phi) is 3.65. The second kappa shape index (κ2) is 5.01. The van der Waals surface area contributed by atoms with Crippen LogP contribution >= 0.6 is 0 Å². The summed E-state index contributed by atoms with van der Waals surface area (Å²) in [5, 5.41) is 0. The molecule has 0 heterocycles. The molecule has 0 fully saturated rings. The van der Waals surface area contributed by atoms with E-state index >= 15 is 0 Å². The minimum Gasteiger partial charge on any atom is -0.321 e. The zero-order valence-electron chi connectivity index (χ0n) is 10.3. The second-order valence-electron chi connectivity index (χ2n) is 5.12. The molecule has 0 saturated heterocycles. The van der Waals surface area contributed by atoms with Crippen LogP contribution in [0.1, 0.15) is 56.6 Å². The quantitative estimate of drug-likeness (QED) is 0.767. The van der Waals surface area contributed by atoms with E-state index in [1.54, 1.807) is 0 Å². The molecule has 1 aromatic carbocycles. The monoisotopic (exact) mass is 217 g/mol. The summed E-state index contributed by atoms with van der Waals surface area (Å²) in [5.41, 5.74) is 9.51. The first-order valence-electron chi connectivity index (χ1n) is 6.63. The van der Waals surface area contributed by atoms with Crippen LogP contribution in [-0.2, 0) is 12.0 Å². The fourth-order valence-corrected chi connectivity index (χ4v) is 2.87. The van der Waals surface area contributed by atoms with Gasteiger partial charge in [0.2, 0.25) is 0 Å². The number of hydrogen-bond acceptors (Lipinski definition) is 1. The lowest BCUT2D eigenvalue weighted by Gasteiger charge is -2.30. The minimum atomic E-state index is -0.0525. The standard InChI is InChI=1S/C15H23N/c1-2-3-11-15(16)12-7-6-9-13-8-4-5-10-14(13)15/h4-5,8,10H,2-3,6-7,9,11-12,16H2,1H3. The van der Waals surface area contributed by atoms with Crippen LogP contribution < -0.4 is 5.73 Å². The van der Waals surface area contributed by atoms with E-state index in [0.717, 1.165) is 12.8 Å². The molecule has 1 aliphatic rings. The van der Waals surface area contributed by atoms with Crippen molar-refractivity contribution < 1.29 is 0 Å². The fraction of sp³-hybridized carbons (Fsp3) is 0.600. The number of aryl methyl sites for hydroxylation is 1.